The van der Waals surface area contributed by atoms with Gasteiger partial charge in [0.15, 0.2) is 5.13 Å². The van der Waals surface area contributed by atoms with E-state index in [9.17, 15) is 13.2 Å². The van der Waals surface area contributed by atoms with Crippen LogP contribution in [0.5, 0.6) is 0 Å². The predicted molar refractivity (Wildman–Crippen MR) is 100 cm³/mol. The van der Waals surface area contributed by atoms with E-state index >= 15 is 0 Å². The monoisotopic (exact) mass is 399 g/mol. The highest BCUT2D eigenvalue weighted by molar-refractivity contribution is 7.88. The molecule has 1 aromatic heterocycles. The second kappa shape index (κ2) is 7.41. The molecule has 1 unspecified atom stereocenters. The Bertz CT molecular complexity index is 882. The van der Waals surface area contributed by atoms with Crippen LogP contribution in [-0.4, -0.2) is 42.5 Å². The van der Waals surface area contributed by atoms with Crippen LogP contribution in [0.4, 0.5) is 5.13 Å². The fourth-order valence-electron chi connectivity index (χ4n) is 2.88. The highest BCUT2D eigenvalue weighted by atomic mass is 35.5. The summed E-state index contributed by atoms with van der Waals surface area (Å²) in [6.07, 6.45) is 3.25. The molecule has 1 saturated heterocycles. The summed E-state index contributed by atoms with van der Waals surface area (Å²) < 4.78 is 25.1. The zero-order chi connectivity index (χ0) is 18.0. The summed E-state index contributed by atoms with van der Waals surface area (Å²) in [7, 11) is -3.42. The van der Waals surface area contributed by atoms with Crippen molar-refractivity contribution in [2.75, 3.05) is 18.1 Å². The number of amides is 1. The summed E-state index contributed by atoms with van der Waals surface area (Å²) >= 11 is 7.45. The van der Waals surface area contributed by atoms with Gasteiger partial charge in [-0.2, -0.15) is 4.31 Å². The van der Waals surface area contributed by atoms with Crippen LogP contribution in [0.1, 0.15) is 19.3 Å². The molecule has 0 spiro atoms. The second-order valence-electron chi connectivity index (χ2n) is 5.89. The molecule has 0 aliphatic carbocycles. The molecule has 0 bridgehead atoms. The van der Waals surface area contributed by atoms with E-state index in [1.807, 2.05) is 23.6 Å². The number of aromatic nitrogens is 1. The molecular weight excluding hydrogens is 382 g/mol. The molecule has 25 heavy (non-hydrogen) atoms. The van der Waals surface area contributed by atoms with Crippen molar-refractivity contribution < 1.29 is 13.2 Å². The van der Waals surface area contributed by atoms with Crippen molar-refractivity contribution in [3.05, 3.63) is 34.7 Å². The summed E-state index contributed by atoms with van der Waals surface area (Å²) in [5, 5.41) is 5.57. The average Bonchev–Trinajstić information content (AvgIpc) is 3.02. The number of anilines is 1. The number of benzene rings is 1. The van der Waals surface area contributed by atoms with E-state index in [-0.39, 0.29) is 5.91 Å². The van der Waals surface area contributed by atoms with Crippen LogP contribution in [0.25, 0.3) is 11.3 Å². The smallest absolute Gasteiger partial charge is 0.244 e. The lowest BCUT2D eigenvalue weighted by atomic mass is 10.0. The lowest BCUT2D eigenvalue weighted by Crippen LogP contribution is -2.49. The van der Waals surface area contributed by atoms with Crippen molar-refractivity contribution in [2.45, 2.75) is 25.3 Å². The van der Waals surface area contributed by atoms with Crippen molar-refractivity contribution in [3.8, 4) is 11.3 Å². The Hall–Kier alpha value is -1.48. The minimum Gasteiger partial charge on any atom is -0.301 e. The number of piperidine rings is 1. The Balaban J connectivity index is 1.76. The van der Waals surface area contributed by atoms with Gasteiger partial charge in [-0.15, -0.1) is 11.3 Å². The third kappa shape index (κ3) is 4.20. The molecular formula is C16H18ClN3O3S2. The Morgan fingerprint density at radius 3 is 2.84 bits per heavy atom. The van der Waals surface area contributed by atoms with E-state index in [0.717, 1.165) is 24.7 Å². The first kappa shape index (κ1) is 18.3. The highest BCUT2D eigenvalue weighted by Crippen LogP contribution is 2.30. The highest BCUT2D eigenvalue weighted by Gasteiger charge is 2.34. The summed E-state index contributed by atoms with van der Waals surface area (Å²) in [6.45, 7) is 0.375. The molecule has 2 heterocycles. The molecule has 1 atom stereocenters. The van der Waals surface area contributed by atoms with Gasteiger partial charge in [0.05, 0.1) is 11.9 Å². The predicted octanol–water partition coefficient (Wildman–Crippen LogP) is 3.22. The summed E-state index contributed by atoms with van der Waals surface area (Å²) in [5.41, 5.74) is 1.46. The number of rotatable bonds is 4. The summed E-state index contributed by atoms with van der Waals surface area (Å²) in [4.78, 5) is 17.0. The van der Waals surface area contributed by atoms with Gasteiger partial charge in [0, 0.05) is 22.5 Å². The van der Waals surface area contributed by atoms with E-state index in [0.29, 0.717) is 28.8 Å². The lowest BCUT2D eigenvalue weighted by Gasteiger charge is -2.32. The molecule has 3 rings (SSSR count). The molecule has 1 aliphatic heterocycles. The molecule has 1 N–H and O–H groups in total. The van der Waals surface area contributed by atoms with Crippen molar-refractivity contribution in [2.24, 2.45) is 0 Å². The van der Waals surface area contributed by atoms with Crippen molar-refractivity contribution >= 4 is 44.0 Å². The number of nitrogens with zero attached hydrogens (tertiary/aromatic N) is 2. The second-order valence-corrected chi connectivity index (χ2v) is 9.09. The minimum absolute atomic E-state index is 0.342. The van der Waals surface area contributed by atoms with Gasteiger partial charge in [-0.05, 0) is 18.9 Å². The zero-order valence-corrected chi connectivity index (χ0v) is 16.0. The Labute approximate surface area is 155 Å². The number of hydrogen-bond acceptors (Lipinski definition) is 5. The minimum atomic E-state index is -3.42. The number of carbonyl (C=O) groups is 1. The van der Waals surface area contributed by atoms with E-state index < -0.39 is 16.1 Å². The number of carbonyl (C=O) groups excluding carboxylic acids is 1. The maximum Gasteiger partial charge on any atom is 0.244 e. The van der Waals surface area contributed by atoms with E-state index in [1.165, 1.54) is 15.6 Å². The van der Waals surface area contributed by atoms with Gasteiger partial charge >= 0.3 is 0 Å². The van der Waals surface area contributed by atoms with E-state index in [4.69, 9.17) is 11.6 Å². The molecule has 1 fully saturated rings. The van der Waals surface area contributed by atoms with Crippen LogP contribution in [-0.2, 0) is 14.8 Å². The van der Waals surface area contributed by atoms with Gasteiger partial charge < -0.3 is 5.32 Å². The average molecular weight is 400 g/mol. The van der Waals surface area contributed by atoms with Crippen LogP contribution in [0.3, 0.4) is 0 Å². The standard InChI is InChI=1S/C16H18ClN3O3S2/c1-25(22,23)20-9-5-4-8-14(20)15(21)19-16-18-13(10-24-16)11-6-2-3-7-12(11)17/h2-3,6-7,10,14H,4-5,8-9H2,1H3,(H,18,19,21). The SMILES string of the molecule is CS(=O)(=O)N1CCCCC1C(=O)Nc1nc(-c2ccccc2Cl)cs1. The van der Waals surface area contributed by atoms with Crippen LogP contribution < -0.4 is 5.32 Å². The normalized spacial score (nSPS) is 18.9. The fraction of sp³-hybridized carbons (Fsp3) is 0.375. The Morgan fingerprint density at radius 1 is 1.36 bits per heavy atom. The van der Waals surface area contributed by atoms with Crippen molar-refractivity contribution in [3.63, 3.8) is 0 Å². The van der Waals surface area contributed by atoms with Gasteiger partial charge in [0.25, 0.3) is 0 Å². The Morgan fingerprint density at radius 2 is 2.12 bits per heavy atom. The third-order valence-electron chi connectivity index (χ3n) is 4.07. The number of sulfonamides is 1. The summed E-state index contributed by atoms with van der Waals surface area (Å²) in [6, 6.07) is 6.65. The third-order valence-corrected chi connectivity index (χ3v) is 6.44. The molecule has 0 saturated carbocycles. The number of thiazole rings is 1. The quantitative estimate of drug-likeness (QED) is 0.856. The molecule has 6 nitrogen and oxygen atoms in total. The van der Waals surface area contributed by atoms with Gasteiger partial charge in [-0.3, -0.25) is 4.79 Å². The lowest BCUT2D eigenvalue weighted by molar-refractivity contribution is -0.120. The number of halogens is 1. The number of hydrogen-bond donors (Lipinski definition) is 1. The molecule has 1 amide bonds. The van der Waals surface area contributed by atoms with Crippen molar-refractivity contribution in [1.82, 2.24) is 9.29 Å². The number of nitrogens with one attached hydrogen (secondary N) is 1. The summed E-state index contributed by atoms with van der Waals surface area (Å²) in [5.74, 6) is -0.342. The first-order valence-electron chi connectivity index (χ1n) is 7.84. The molecule has 1 aromatic carbocycles. The largest absolute Gasteiger partial charge is 0.301 e. The molecule has 9 heteroatoms. The molecule has 2 aromatic rings. The molecule has 1 aliphatic rings. The maximum atomic E-state index is 12.6. The topological polar surface area (TPSA) is 79.4 Å². The van der Waals surface area contributed by atoms with Gasteiger partial charge in [0.1, 0.15) is 6.04 Å². The first-order chi connectivity index (χ1) is 11.9. The maximum absolute atomic E-state index is 12.6. The van der Waals surface area contributed by atoms with Crippen molar-refractivity contribution in [1.29, 1.82) is 0 Å². The molecule has 0 radical (unpaired) electrons. The van der Waals surface area contributed by atoms with Gasteiger partial charge in [0.2, 0.25) is 15.9 Å². The van der Waals surface area contributed by atoms with Gasteiger partial charge in [-0.1, -0.05) is 36.2 Å². The molecule has 134 valence electrons. The van der Waals surface area contributed by atoms with Crippen LogP contribution in [0, 0.1) is 0 Å². The van der Waals surface area contributed by atoms with Crippen LogP contribution >= 0.6 is 22.9 Å². The van der Waals surface area contributed by atoms with Crippen LogP contribution in [0.15, 0.2) is 29.6 Å². The van der Waals surface area contributed by atoms with E-state index in [1.54, 1.807) is 6.07 Å². The van der Waals surface area contributed by atoms with Crippen LogP contribution in [0.2, 0.25) is 5.02 Å². The fourth-order valence-corrected chi connectivity index (χ4v) is 4.95. The van der Waals surface area contributed by atoms with E-state index in [2.05, 4.69) is 10.3 Å². The first-order valence-corrected chi connectivity index (χ1v) is 10.9. The van der Waals surface area contributed by atoms with Gasteiger partial charge in [-0.25, -0.2) is 13.4 Å². The zero-order valence-electron chi connectivity index (χ0n) is 13.6. The Kier molecular flexibility index (Phi) is 5.43.